The molecule has 25 heavy (non-hydrogen) atoms. The minimum absolute atomic E-state index is 0.0962. The predicted molar refractivity (Wildman–Crippen MR) is 93.5 cm³/mol. The number of carboxylic acid groups (broad SMARTS) is 1. The molecule has 0 radical (unpaired) electrons. The second-order valence-corrected chi connectivity index (χ2v) is 6.89. The highest BCUT2D eigenvalue weighted by Gasteiger charge is 2.31. The molecule has 1 aliphatic rings. The molecule has 2 aromatic carbocycles. The monoisotopic (exact) mass is 363 g/mol. The SMILES string of the molecule is COc1cc([C@H]2NC[C@H](C(=O)O)S2)ccc1OCc1ccc(F)cc1. The minimum atomic E-state index is -0.814. The number of thioether (sulfide) groups is 1. The number of ether oxygens (including phenoxy) is 2. The summed E-state index contributed by atoms with van der Waals surface area (Å²) in [6, 6.07) is 11.6. The Kier molecular flexibility index (Phi) is 5.45. The molecular weight excluding hydrogens is 345 g/mol. The Morgan fingerprint density at radius 2 is 2.04 bits per heavy atom. The number of hydrogen-bond acceptors (Lipinski definition) is 5. The number of carbonyl (C=O) groups is 1. The third-order valence-electron chi connectivity index (χ3n) is 3.86. The van der Waals surface area contributed by atoms with Crippen molar-refractivity contribution in [3.05, 3.63) is 59.4 Å². The lowest BCUT2D eigenvalue weighted by Crippen LogP contribution is -2.21. The molecule has 0 bridgehead atoms. The van der Waals surface area contributed by atoms with Crippen molar-refractivity contribution >= 4 is 17.7 Å². The lowest BCUT2D eigenvalue weighted by molar-refractivity contribution is -0.136. The number of carboxylic acids is 1. The summed E-state index contributed by atoms with van der Waals surface area (Å²) in [5.74, 6) is 0.0484. The minimum Gasteiger partial charge on any atom is -0.493 e. The summed E-state index contributed by atoms with van der Waals surface area (Å²) in [5, 5.41) is 11.7. The Balaban J connectivity index is 1.69. The maximum atomic E-state index is 12.9. The van der Waals surface area contributed by atoms with E-state index in [1.54, 1.807) is 25.3 Å². The molecule has 0 spiro atoms. The van der Waals surface area contributed by atoms with Gasteiger partial charge in [-0.05, 0) is 35.4 Å². The van der Waals surface area contributed by atoms with E-state index in [4.69, 9.17) is 14.6 Å². The highest BCUT2D eigenvalue weighted by molar-refractivity contribution is 8.01. The van der Waals surface area contributed by atoms with Gasteiger partial charge in [0.1, 0.15) is 17.7 Å². The van der Waals surface area contributed by atoms with Crippen LogP contribution in [0.15, 0.2) is 42.5 Å². The quantitative estimate of drug-likeness (QED) is 0.822. The fourth-order valence-corrected chi connectivity index (χ4v) is 3.66. The first-order valence-corrected chi connectivity index (χ1v) is 8.68. The molecule has 0 unspecified atom stereocenters. The van der Waals surface area contributed by atoms with Crippen LogP contribution in [0.5, 0.6) is 11.5 Å². The fraction of sp³-hybridized carbons (Fsp3) is 0.278. The summed E-state index contributed by atoms with van der Waals surface area (Å²) < 4.78 is 24.1. The maximum Gasteiger partial charge on any atom is 0.318 e. The smallest absolute Gasteiger partial charge is 0.318 e. The van der Waals surface area contributed by atoms with Gasteiger partial charge in [0.2, 0.25) is 0 Å². The number of benzene rings is 2. The molecule has 3 rings (SSSR count). The average molecular weight is 363 g/mol. The second kappa shape index (κ2) is 7.76. The lowest BCUT2D eigenvalue weighted by Gasteiger charge is -2.15. The zero-order valence-electron chi connectivity index (χ0n) is 13.6. The first-order chi connectivity index (χ1) is 12.1. The fourth-order valence-electron chi connectivity index (χ4n) is 2.52. The Labute approximate surface area is 149 Å². The number of halogens is 1. The molecule has 132 valence electrons. The topological polar surface area (TPSA) is 67.8 Å². The van der Waals surface area contributed by atoms with Crippen LogP contribution < -0.4 is 14.8 Å². The van der Waals surface area contributed by atoms with Gasteiger partial charge in [-0.15, -0.1) is 11.8 Å². The van der Waals surface area contributed by atoms with E-state index in [0.29, 0.717) is 24.7 Å². The van der Waals surface area contributed by atoms with Gasteiger partial charge in [-0.1, -0.05) is 18.2 Å². The second-order valence-electron chi connectivity index (χ2n) is 5.58. The molecule has 2 atom stereocenters. The highest BCUT2D eigenvalue weighted by atomic mass is 32.2. The van der Waals surface area contributed by atoms with E-state index in [2.05, 4.69) is 5.32 Å². The predicted octanol–water partition coefficient (Wildman–Crippen LogP) is 3.20. The standard InChI is InChI=1S/C18H18FNO4S/c1-23-15-8-12(17-20-9-16(25-17)18(21)22)4-7-14(15)24-10-11-2-5-13(19)6-3-11/h2-8,16-17,20H,9-10H2,1H3,(H,21,22)/t16-,17+/m1/s1. The third kappa shape index (κ3) is 4.24. The average Bonchev–Trinajstić information content (AvgIpc) is 3.11. The molecule has 1 aliphatic heterocycles. The molecule has 1 heterocycles. The van der Waals surface area contributed by atoms with Crippen molar-refractivity contribution < 1.29 is 23.8 Å². The van der Waals surface area contributed by atoms with E-state index in [1.165, 1.54) is 23.9 Å². The van der Waals surface area contributed by atoms with Crippen LogP contribution in [0.2, 0.25) is 0 Å². The van der Waals surface area contributed by atoms with Crippen LogP contribution in [0.25, 0.3) is 0 Å². The van der Waals surface area contributed by atoms with Gasteiger partial charge in [-0.3, -0.25) is 10.1 Å². The maximum absolute atomic E-state index is 12.9. The van der Waals surface area contributed by atoms with Crippen LogP contribution in [0.3, 0.4) is 0 Å². The van der Waals surface area contributed by atoms with Gasteiger partial charge in [-0.25, -0.2) is 4.39 Å². The zero-order valence-corrected chi connectivity index (χ0v) is 14.4. The molecule has 0 aliphatic carbocycles. The lowest BCUT2D eigenvalue weighted by atomic mass is 10.2. The first kappa shape index (κ1) is 17.6. The van der Waals surface area contributed by atoms with E-state index in [1.807, 2.05) is 12.1 Å². The van der Waals surface area contributed by atoms with Crippen LogP contribution in [0, 0.1) is 5.82 Å². The summed E-state index contributed by atoms with van der Waals surface area (Å²) in [6.07, 6.45) is 0. The van der Waals surface area contributed by atoms with Gasteiger partial charge in [0, 0.05) is 6.54 Å². The molecule has 1 saturated heterocycles. The van der Waals surface area contributed by atoms with Crippen LogP contribution in [-0.2, 0) is 11.4 Å². The van der Waals surface area contributed by atoms with Crippen molar-refractivity contribution in [2.75, 3.05) is 13.7 Å². The molecule has 2 N–H and O–H groups in total. The van der Waals surface area contributed by atoms with Crippen LogP contribution in [-0.4, -0.2) is 30.0 Å². The van der Waals surface area contributed by atoms with Gasteiger partial charge in [-0.2, -0.15) is 0 Å². The van der Waals surface area contributed by atoms with E-state index < -0.39 is 11.2 Å². The largest absolute Gasteiger partial charge is 0.493 e. The van der Waals surface area contributed by atoms with Gasteiger partial charge in [0.15, 0.2) is 11.5 Å². The van der Waals surface area contributed by atoms with Crippen LogP contribution in [0.1, 0.15) is 16.5 Å². The van der Waals surface area contributed by atoms with Gasteiger partial charge < -0.3 is 14.6 Å². The van der Waals surface area contributed by atoms with Crippen LogP contribution >= 0.6 is 11.8 Å². The summed E-state index contributed by atoms with van der Waals surface area (Å²) in [6.45, 7) is 0.725. The Morgan fingerprint density at radius 1 is 1.28 bits per heavy atom. The summed E-state index contributed by atoms with van der Waals surface area (Å²) in [4.78, 5) is 11.1. The van der Waals surface area contributed by atoms with E-state index >= 15 is 0 Å². The molecule has 0 saturated carbocycles. The molecule has 1 fully saturated rings. The molecular formula is C18H18FNO4S. The van der Waals surface area contributed by atoms with E-state index in [0.717, 1.165) is 11.1 Å². The van der Waals surface area contributed by atoms with Crippen molar-refractivity contribution in [1.82, 2.24) is 5.32 Å². The zero-order chi connectivity index (χ0) is 17.8. The Hall–Kier alpha value is -2.25. The molecule has 0 aromatic heterocycles. The Morgan fingerprint density at radius 3 is 2.68 bits per heavy atom. The van der Waals surface area contributed by atoms with Gasteiger partial charge >= 0.3 is 5.97 Å². The van der Waals surface area contributed by atoms with E-state index in [-0.39, 0.29) is 11.2 Å². The normalized spacial score (nSPS) is 19.6. The van der Waals surface area contributed by atoms with Gasteiger partial charge in [0.25, 0.3) is 0 Å². The number of aliphatic carboxylic acids is 1. The van der Waals surface area contributed by atoms with Crippen LogP contribution in [0.4, 0.5) is 4.39 Å². The van der Waals surface area contributed by atoms with Crippen molar-refractivity contribution in [1.29, 1.82) is 0 Å². The number of nitrogens with one attached hydrogen (secondary N) is 1. The van der Waals surface area contributed by atoms with Crippen molar-refractivity contribution in [2.24, 2.45) is 0 Å². The summed E-state index contributed by atoms with van der Waals surface area (Å²) in [5.41, 5.74) is 1.78. The van der Waals surface area contributed by atoms with E-state index in [9.17, 15) is 9.18 Å². The van der Waals surface area contributed by atoms with Gasteiger partial charge in [0.05, 0.1) is 12.5 Å². The molecule has 7 heteroatoms. The van der Waals surface area contributed by atoms with Crippen molar-refractivity contribution in [3.8, 4) is 11.5 Å². The first-order valence-electron chi connectivity index (χ1n) is 7.73. The molecule has 2 aromatic rings. The highest BCUT2D eigenvalue weighted by Crippen LogP contribution is 2.38. The molecule has 0 amide bonds. The number of hydrogen-bond donors (Lipinski definition) is 2. The van der Waals surface area contributed by atoms with Crippen molar-refractivity contribution in [2.45, 2.75) is 17.2 Å². The Bertz CT molecular complexity index is 753. The van der Waals surface area contributed by atoms with Crippen molar-refractivity contribution in [3.63, 3.8) is 0 Å². The third-order valence-corrected chi connectivity index (χ3v) is 5.27. The summed E-state index contributed by atoms with van der Waals surface area (Å²) >= 11 is 1.37. The molecule has 5 nitrogen and oxygen atoms in total. The number of rotatable bonds is 6. The summed E-state index contributed by atoms with van der Waals surface area (Å²) in [7, 11) is 1.55. The number of methoxy groups -OCH3 is 1.